The van der Waals surface area contributed by atoms with E-state index in [0.717, 1.165) is 17.8 Å². The molecule has 0 amide bonds. The number of nitro benzene ring substituents is 2. The van der Waals surface area contributed by atoms with Crippen LogP contribution in [0.5, 0.6) is 0 Å². The highest BCUT2D eigenvalue weighted by Crippen LogP contribution is 2.36. The smallest absolute Gasteiger partial charge is 0.290 e. The van der Waals surface area contributed by atoms with Crippen molar-refractivity contribution >= 4 is 23.1 Å². The van der Waals surface area contributed by atoms with Crippen LogP contribution in [-0.2, 0) is 0 Å². The molecule has 0 unspecified atom stereocenters. The average Bonchev–Trinajstić information content (AvgIpc) is 2.74. The van der Waals surface area contributed by atoms with Crippen LogP contribution in [0.4, 0.5) is 11.4 Å². The van der Waals surface area contributed by atoms with Gasteiger partial charge in [-0.05, 0) is 17.8 Å². The van der Waals surface area contributed by atoms with Crippen LogP contribution >= 0.6 is 11.8 Å². The van der Waals surface area contributed by atoms with E-state index in [9.17, 15) is 20.2 Å². The molecular formula is C9H6N4O5S. The lowest BCUT2D eigenvalue weighted by Crippen LogP contribution is -1.94. The monoisotopic (exact) mass is 282 g/mol. The highest BCUT2D eigenvalue weighted by atomic mass is 32.2. The predicted molar refractivity (Wildman–Crippen MR) is 62.9 cm³/mol. The van der Waals surface area contributed by atoms with Crippen LogP contribution in [0.25, 0.3) is 0 Å². The Morgan fingerprint density at radius 3 is 2.47 bits per heavy atom. The Hall–Kier alpha value is -2.49. The zero-order chi connectivity index (χ0) is 14.0. The van der Waals surface area contributed by atoms with Crippen molar-refractivity contribution in [2.45, 2.75) is 17.0 Å². The van der Waals surface area contributed by atoms with Gasteiger partial charge in [-0.1, -0.05) is 0 Å². The second kappa shape index (κ2) is 5.02. The Labute approximate surface area is 109 Å². The van der Waals surface area contributed by atoms with E-state index in [4.69, 9.17) is 4.42 Å². The number of non-ortho nitro benzene ring substituents is 1. The second-order valence-electron chi connectivity index (χ2n) is 3.36. The summed E-state index contributed by atoms with van der Waals surface area (Å²) in [6.07, 6.45) is 0. The molecule has 0 atom stereocenters. The Morgan fingerprint density at radius 1 is 1.21 bits per heavy atom. The number of nitrogens with zero attached hydrogens (tertiary/aromatic N) is 4. The summed E-state index contributed by atoms with van der Waals surface area (Å²) >= 11 is 0.879. The largest absolute Gasteiger partial charge is 0.416 e. The normalized spacial score (nSPS) is 10.4. The van der Waals surface area contributed by atoms with Crippen LogP contribution in [0, 0.1) is 27.2 Å². The molecule has 98 valence electrons. The third kappa shape index (κ3) is 2.85. The van der Waals surface area contributed by atoms with Crippen LogP contribution in [-0.4, -0.2) is 20.0 Å². The molecule has 0 radical (unpaired) electrons. The number of rotatable bonds is 4. The second-order valence-corrected chi connectivity index (χ2v) is 4.35. The van der Waals surface area contributed by atoms with Gasteiger partial charge in [-0.2, -0.15) is 0 Å². The van der Waals surface area contributed by atoms with Crippen molar-refractivity contribution in [1.82, 2.24) is 10.2 Å². The molecule has 1 heterocycles. The molecule has 0 saturated heterocycles. The van der Waals surface area contributed by atoms with E-state index in [1.807, 2.05) is 0 Å². The number of hydrogen-bond acceptors (Lipinski definition) is 8. The summed E-state index contributed by atoms with van der Waals surface area (Å²) < 4.78 is 5.08. The van der Waals surface area contributed by atoms with Gasteiger partial charge >= 0.3 is 0 Å². The van der Waals surface area contributed by atoms with Gasteiger partial charge in [-0.3, -0.25) is 20.2 Å². The highest BCUT2D eigenvalue weighted by molar-refractivity contribution is 7.99. The standard InChI is InChI=1S/C9H6N4O5S/c1-5-10-11-9(18-5)19-8-3-2-6(12(14)15)4-7(8)13(16)17/h2-4H,1H3. The third-order valence-corrected chi connectivity index (χ3v) is 2.96. The number of aromatic nitrogens is 2. The Bertz CT molecular complexity index is 656. The molecule has 1 aromatic heterocycles. The Morgan fingerprint density at radius 2 is 1.95 bits per heavy atom. The SMILES string of the molecule is Cc1nnc(Sc2ccc([N+](=O)[O-])cc2[N+](=O)[O-])o1. The minimum atomic E-state index is -0.696. The maximum Gasteiger partial charge on any atom is 0.290 e. The molecule has 19 heavy (non-hydrogen) atoms. The molecule has 1 aromatic carbocycles. The number of hydrogen-bond donors (Lipinski definition) is 0. The van der Waals surface area contributed by atoms with Crippen molar-refractivity contribution in [3.8, 4) is 0 Å². The lowest BCUT2D eigenvalue weighted by atomic mass is 10.3. The molecule has 0 N–H and O–H groups in total. The fraction of sp³-hybridized carbons (Fsp3) is 0.111. The van der Waals surface area contributed by atoms with Crippen LogP contribution < -0.4 is 0 Å². The average molecular weight is 282 g/mol. The van der Waals surface area contributed by atoms with Crippen LogP contribution in [0.1, 0.15) is 5.89 Å². The van der Waals surface area contributed by atoms with E-state index in [0.29, 0.717) is 5.89 Å². The van der Waals surface area contributed by atoms with E-state index in [1.165, 1.54) is 12.1 Å². The van der Waals surface area contributed by atoms with E-state index >= 15 is 0 Å². The van der Waals surface area contributed by atoms with Crippen molar-refractivity contribution in [3.63, 3.8) is 0 Å². The van der Waals surface area contributed by atoms with E-state index < -0.39 is 9.85 Å². The van der Waals surface area contributed by atoms with Crippen molar-refractivity contribution in [2.75, 3.05) is 0 Å². The summed E-state index contributed by atoms with van der Waals surface area (Å²) in [6.45, 7) is 1.58. The third-order valence-electron chi connectivity index (χ3n) is 2.05. The highest BCUT2D eigenvalue weighted by Gasteiger charge is 2.21. The topological polar surface area (TPSA) is 125 Å². The molecule has 0 bridgehead atoms. The number of aryl methyl sites for hydroxylation is 1. The number of benzene rings is 1. The van der Waals surface area contributed by atoms with Gasteiger partial charge < -0.3 is 4.42 Å². The van der Waals surface area contributed by atoms with E-state index in [2.05, 4.69) is 10.2 Å². The van der Waals surface area contributed by atoms with Crippen LogP contribution in [0.15, 0.2) is 32.7 Å². The van der Waals surface area contributed by atoms with Gasteiger partial charge in [-0.15, -0.1) is 10.2 Å². The first-order chi connectivity index (χ1) is 8.97. The molecule has 0 saturated carbocycles. The van der Waals surface area contributed by atoms with Crippen molar-refractivity contribution in [3.05, 3.63) is 44.3 Å². The van der Waals surface area contributed by atoms with Gasteiger partial charge in [0, 0.05) is 13.0 Å². The van der Waals surface area contributed by atoms with Crippen molar-refractivity contribution < 1.29 is 14.3 Å². The molecule has 0 aliphatic carbocycles. The molecule has 2 rings (SSSR count). The maximum absolute atomic E-state index is 10.9. The van der Waals surface area contributed by atoms with Gasteiger partial charge in [0.25, 0.3) is 16.6 Å². The van der Waals surface area contributed by atoms with Crippen LogP contribution in [0.3, 0.4) is 0 Å². The summed E-state index contributed by atoms with van der Waals surface area (Å²) in [4.78, 5) is 20.3. The molecule has 0 fully saturated rings. The lowest BCUT2D eigenvalue weighted by molar-refractivity contribution is -0.396. The molecule has 9 nitrogen and oxygen atoms in total. The molecule has 0 aliphatic heterocycles. The molecular weight excluding hydrogens is 276 g/mol. The fourth-order valence-electron chi connectivity index (χ4n) is 1.26. The molecule has 2 aromatic rings. The van der Waals surface area contributed by atoms with Crippen molar-refractivity contribution in [2.24, 2.45) is 0 Å². The quantitative estimate of drug-likeness (QED) is 0.617. The van der Waals surface area contributed by atoms with Crippen molar-refractivity contribution in [1.29, 1.82) is 0 Å². The maximum atomic E-state index is 10.9. The minimum absolute atomic E-state index is 0.134. The molecule has 10 heteroatoms. The number of nitro groups is 2. The summed E-state index contributed by atoms with van der Waals surface area (Å²) in [7, 11) is 0. The van der Waals surface area contributed by atoms with Gasteiger partial charge in [0.05, 0.1) is 20.8 Å². The summed E-state index contributed by atoms with van der Waals surface area (Å²) in [5.74, 6) is 0.326. The first kappa shape index (κ1) is 13.0. The molecule has 0 spiro atoms. The lowest BCUT2D eigenvalue weighted by Gasteiger charge is -1.99. The first-order valence-electron chi connectivity index (χ1n) is 4.88. The van der Waals surface area contributed by atoms with Crippen LogP contribution in [0.2, 0.25) is 0 Å². The Kier molecular flexibility index (Phi) is 3.42. The summed E-state index contributed by atoms with van der Waals surface area (Å²) in [5, 5.41) is 28.9. The van der Waals surface area contributed by atoms with Gasteiger partial charge in [0.2, 0.25) is 5.89 Å². The first-order valence-corrected chi connectivity index (χ1v) is 5.70. The zero-order valence-electron chi connectivity index (χ0n) is 9.47. The summed E-state index contributed by atoms with van der Waals surface area (Å²) in [5.41, 5.74) is -0.729. The Balaban J connectivity index is 2.39. The predicted octanol–water partition coefficient (Wildman–Crippen LogP) is 2.35. The molecule has 0 aliphatic rings. The van der Waals surface area contributed by atoms with Gasteiger partial charge in [0.1, 0.15) is 0 Å². The fourth-order valence-corrected chi connectivity index (χ4v) is 2.07. The van der Waals surface area contributed by atoms with E-state index in [1.54, 1.807) is 6.92 Å². The van der Waals surface area contributed by atoms with Gasteiger partial charge in [0.15, 0.2) is 0 Å². The summed E-state index contributed by atoms with van der Waals surface area (Å²) in [6, 6.07) is 3.35. The minimum Gasteiger partial charge on any atom is -0.416 e. The zero-order valence-corrected chi connectivity index (χ0v) is 10.3. The van der Waals surface area contributed by atoms with Gasteiger partial charge in [-0.25, -0.2) is 0 Å². The van der Waals surface area contributed by atoms with E-state index in [-0.39, 0.29) is 21.5 Å².